The number of thiophene rings is 2. The molecule has 4 heteroatoms. The summed E-state index contributed by atoms with van der Waals surface area (Å²) in [5, 5.41) is 7.55. The first-order valence-electron chi connectivity index (χ1n) is 5.92. The van der Waals surface area contributed by atoms with Crippen molar-refractivity contribution >= 4 is 28.4 Å². The van der Waals surface area contributed by atoms with Gasteiger partial charge in [0.05, 0.1) is 0 Å². The van der Waals surface area contributed by atoms with Crippen molar-refractivity contribution in [1.29, 1.82) is 0 Å². The minimum absolute atomic E-state index is 0.207. The molecular weight excluding hydrogens is 277 g/mol. The molecule has 3 aromatic rings. The molecule has 0 aliphatic carbocycles. The van der Waals surface area contributed by atoms with Crippen LogP contribution in [0.1, 0.15) is 4.88 Å². The van der Waals surface area contributed by atoms with Crippen LogP contribution >= 0.6 is 22.7 Å². The maximum Gasteiger partial charge on any atom is 0.123 e. The van der Waals surface area contributed by atoms with E-state index < -0.39 is 0 Å². The van der Waals surface area contributed by atoms with Gasteiger partial charge in [0.25, 0.3) is 0 Å². The van der Waals surface area contributed by atoms with Crippen LogP contribution in [0.3, 0.4) is 0 Å². The smallest absolute Gasteiger partial charge is 0.123 e. The Hall–Kier alpha value is -1.65. The molecule has 3 rings (SSSR count). The Morgan fingerprint density at radius 2 is 1.89 bits per heavy atom. The summed E-state index contributed by atoms with van der Waals surface area (Å²) in [5.74, 6) is -0.207. The van der Waals surface area contributed by atoms with E-state index in [0.717, 1.165) is 12.2 Å². The molecular formula is C15H12FNS2. The van der Waals surface area contributed by atoms with E-state index in [9.17, 15) is 4.39 Å². The van der Waals surface area contributed by atoms with Crippen molar-refractivity contribution < 1.29 is 4.39 Å². The Balaban J connectivity index is 1.66. The van der Waals surface area contributed by atoms with E-state index in [1.807, 2.05) is 0 Å². The van der Waals surface area contributed by atoms with Crippen LogP contribution < -0.4 is 5.32 Å². The third kappa shape index (κ3) is 3.03. The average Bonchev–Trinajstić information content (AvgIpc) is 3.09. The predicted molar refractivity (Wildman–Crippen MR) is 81.4 cm³/mol. The third-order valence-electron chi connectivity index (χ3n) is 2.77. The molecule has 0 atom stereocenters. The van der Waals surface area contributed by atoms with Crippen LogP contribution in [0.2, 0.25) is 0 Å². The second-order valence-electron chi connectivity index (χ2n) is 4.14. The Morgan fingerprint density at radius 3 is 2.63 bits per heavy atom. The van der Waals surface area contributed by atoms with Crippen molar-refractivity contribution in [2.75, 3.05) is 5.32 Å². The number of halogens is 1. The van der Waals surface area contributed by atoms with E-state index in [1.54, 1.807) is 34.8 Å². The lowest BCUT2D eigenvalue weighted by Gasteiger charge is -2.03. The molecule has 96 valence electrons. The van der Waals surface area contributed by atoms with Crippen molar-refractivity contribution in [3.05, 3.63) is 63.9 Å². The number of anilines is 1. The molecule has 0 saturated heterocycles. The average molecular weight is 289 g/mol. The minimum Gasteiger partial charge on any atom is -0.380 e. The van der Waals surface area contributed by atoms with E-state index >= 15 is 0 Å². The molecule has 2 heterocycles. The zero-order valence-electron chi connectivity index (χ0n) is 10.1. The van der Waals surface area contributed by atoms with E-state index in [4.69, 9.17) is 0 Å². The van der Waals surface area contributed by atoms with Gasteiger partial charge in [-0.25, -0.2) is 4.39 Å². The lowest BCUT2D eigenvalue weighted by Crippen LogP contribution is -1.96. The first kappa shape index (κ1) is 12.4. The van der Waals surface area contributed by atoms with Crippen molar-refractivity contribution in [2.45, 2.75) is 6.54 Å². The summed E-state index contributed by atoms with van der Waals surface area (Å²) in [4.78, 5) is 2.57. The van der Waals surface area contributed by atoms with Gasteiger partial charge in [0.2, 0.25) is 0 Å². The van der Waals surface area contributed by atoms with Gasteiger partial charge in [-0.3, -0.25) is 0 Å². The molecule has 0 aliphatic heterocycles. The van der Waals surface area contributed by atoms with Crippen molar-refractivity contribution in [3.63, 3.8) is 0 Å². The Kier molecular flexibility index (Phi) is 3.62. The molecule has 0 aliphatic rings. The summed E-state index contributed by atoms with van der Waals surface area (Å²) in [7, 11) is 0. The van der Waals surface area contributed by atoms with Crippen LogP contribution in [-0.4, -0.2) is 0 Å². The molecule has 0 spiro atoms. The molecule has 0 amide bonds. The van der Waals surface area contributed by atoms with E-state index in [1.165, 1.54) is 27.5 Å². The molecule has 1 nitrogen and oxygen atoms in total. The highest BCUT2D eigenvalue weighted by Gasteiger charge is 2.03. The number of hydrogen-bond acceptors (Lipinski definition) is 3. The maximum atomic E-state index is 12.8. The van der Waals surface area contributed by atoms with E-state index in [-0.39, 0.29) is 5.82 Å². The van der Waals surface area contributed by atoms with Crippen LogP contribution in [0.4, 0.5) is 10.1 Å². The number of benzene rings is 1. The molecule has 0 bridgehead atoms. The van der Waals surface area contributed by atoms with Gasteiger partial charge in [-0.15, -0.1) is 22.7 Å². The molecule has 0 radical (unpaired) electrons. The fourth-order valence-corrected chi connectivity index (χ4v) is 3.42. The summed E-state index contributed by atoms with van der Waals surface area (Å²) in [6, 6.07) is 12.8. The summed E-state index contributed by atoms with van der Waals surface area (Å²) in [5.41, 5.74) is 2.21. The van der Waals surface area contributed by atoms with E-state index in [0.29, 0.717) is 0 Å². The van der Waals surface area contributed by atoms with Gasteiger partial charge in [0.15, 0.2) is 0 Å². The highest BCUT2D eigenvalue weighted by Crippen LogP contribution is 2.29. The Morgan fingerprint density at radius 1 is 1.05 bits per heavy atom. The maximum absolute atomic E-state index is 12.8. The number of hydrogen-bond donors (Lipinski definition) is 1. The second-order valence-corrected chi connectivity index (χ2v) is 6.08. The monoisotopic (exact) mass is 289 g/mol. The molecule has 2 aromatic heterocycles. The van der Waals surface area contributed by atoms with Gasteiger partial charge in [-0.1, -0.05) is 6.07 Å². The molecule has 0 saturated carbocycles. The van der Waals surface area contributed by atoms with Crippen LogP contribution in [-0.2, 0) is 6.54 Å². The van der Waals surface area contributed by atoms with Gasteiger partial charge in [0.1, 0.15) is 5.82 Å². The summed E-state index contributed by atoms with van der Waals surface area (Å²) in [6.45, 7) is 0.766. The standard InChI is InChI=1S/C15H12FNS2/c16-12-3-5-13(6-4-12)17-9-14-8-11(10-19-14)15-2-1-7-18-15/h1-8,10,17H,9H2. The van der Waals surface area contributed by atoms with Gasteiger partial charge < -0.3 is 5.32 Å². The van der Waals surface area contributed by atoms with Crippen LogP contribution in [0.5, 0.6) is 0 Å². The zero-order valence-corrected chi connectivity index (χ0v) is 11.7. The van der Waals surface area contributed by atoms with Gasteiger partial charge in [-0.2, -0.15) is 0 Å². The van der Waals surface area contributed by atoms with Crippen LogP contribution in [0.25, 0.3) is 10.4 Å². The topological polar surface area (TPSA) is 12.0 Å². The second kappa shape index (κ2) is 5.55. The van der Waals surface area contributed by atoms with E-state index in [2.05, 4.69) is 34.3 Å². The highest BCUT2D eigenvalue weighted by atomic mass is 32.1. The fourth-order valence-electron chi connectivity index (χ4n) is 1.80. The van der Waals surface area contributed by atoms with Crippen molar-refractivity contribution in [2.24, 2.45) is 0 Å². The van der Waals surface area contributed by atoms with Gasteiger partial charge >= 0.3 is 0 Å². The highest BCUT2D eigenvalue weighted by molar-refractivity contribution is 7.14. The summed E-state index contributed by atoms with van der Waals surface area (Å²) >= 11 is 3.49. The number of nitrogens with one attached hydrogen (secondary N) is 1. The molecule has 0 unspecified atom stereocenters. The predicted octanol–water partition coefficient (Wildman–Crippen LogP) is 5.23. The third-order valence-corrected chi connectivity index (χ3v) is 4.63. The zero-order chi connectivity index (χ0) is 13.1. The summed E-state index contributed by atoms with van der Waals surface area (Å²) < 4.78 is 12.8. The van der Waals surface area contributed by atoms with Crippen molar-refractivity contribution in [3.8, 4) is 10.4 Å². The minimum atomic E-state index is -0.207. The van der Waals surface area contributed by atoms with Crippen LogP contribution in [0.15, 0.2) is 53.2 Å². The summed E-state index contributed by atoms with van der Waals surface area (Å²) in [6.07, 6.45) is 0. The molecule has 1 N–H and O–H groups in total. The normalized spacial score (nSPS) is 10.6. The largest absolute Gasteiger partial charge is 0.380 e. The van der Waals surface area contributed by atoms with Gasteiger partial charge in [-0.05, 0) is 47.2 Å². The SMILES string of the molecule is Fc1ccc(NCc2cc(-c3cccs3)cs2)cc1. The quantitative estimate of drug-likeness (QED) is 0.693. The molecule has 19 heavy (non-hydrogen) atoms. The Labute approximate surface area is 119 Å². The Bertz CT molecular complexity index is 641. The first-order valence-corrected chi connectivity index (χ1v) is 7.68. The van der Waals surface area contributed by atoms with Gasteiger partial charge in [0, 0.05) is 27.5 Å². The molecule has 1 aromatic carbocycles. The molecule has 0 fully saturated rings. The first-order chi connectivity index (χ1) is 9.31. The fraction of sp³-hybridized carbons (Fsp3) is 0.0667. The van der Waals surface area contributed by atoms with Crippen LogP contribution in [0, 0.1) is 5.82 Å². The number of rotatable bonds is 4. The van der Waals surface area contributed by atoms with Crippen molar-refractivity contribution in [1.82, 2.24) is 0 Å². The lowest BCUT2D eigenvalue weighted by molar-refractivity contribution is 0.628. The lowest BCUT2D eigenvalue weighted by atomic mass is 10.2.